The van der Waals surface area contributed by atoms with Gasteiger partial charge in [0.05, 0.1) is 6.42 Å². The zero-order valence-corrected chi connectivity index (χ0v) is 12.9. The SMILES string of the molecule is O=C(Cc1ccc(F)cc1)NC1CCCN(c2ccccn2)C1. The molecule has 1 aliphatic heterocycles. The summed E-state index contributed by atoms with van der Waals surface area (Å²) in [6.07, 6.45) is 4.06. The molecule has 1 atom stereocenters. The van der Waals surface area contributed by atoms with Crippen LogP contribution in [0.25, 0.3) is 0 Å². The van der Waals surface area contributed by atoms with E-state index in [0.29, 0.717) is 0 Å². The fourth-order valence-electron chi connectivity index (χ4n) is 2.91. The number of hydrogen-bond acceptors (Lipinski definition) is 3. The highest BCUT2D eigenvalue weighted by Gasteiger charge is 2.22. The number of anilines is 1. The van der Waals surface area contributed by atoms with Crippen LogP contribution in [-0.4, -0.2) is 30.0 Å². The van der Waals surface area contributed by atoms with Gasteiger partial charge in [0.25, 0.3) is 0 Å². The number of pyridine rings is 1. The lowest BCUT2D eigenvalue weighted by atomic mass is 10.0. The van der Waals surface area contributed by atoms with E-state index in [1.54, 1.807) is 18.3 Å². The predicted molar refractivity (Wildman–Crippen MR) is 87.7 cm³/mol. The second-order valence-corrected chi connectivity index (χ2v) is 5.84. The molecule has 23 heavy (non-hydrogen) atoms. The summed E-state index contributed by atoms with van der Waals surface area (Å²) < 4.78 is 12.9. The van der Waals surface area contributed by atoms with Gasteiger partial charge in [-0.15, -0.1) is 0 Å². The van der Waals surface area contributed by atoms with Gasteiger partial charge in [0, 0.05) is 25.3 Å². The molecule has 1 unspecified atom stereocenters. The third-order valence-electron chi connectivity index (χ3n) is 4.04. The molecule has 1 aliphatic rings. The molecule has 1 fully saturated rings. The molecule has 0 spiro atoms. The molecule has 1 amide bonds. The van der Waals surface area contributed by atoms with Crippen molar-refractivity contribution in [3.05, 3.63) is 60.0 Å². The molecule has 3 rings (SSSR count). The summed E-state index contributed by atoms with van der Waals surface area (Å²) in [5.41, 5.74) is 0.821. The number of carbonyl (C=O) groups is 1. The maximum absolute atomic E-state index is 12.9. The van der Waals surface area contributed by atoms with Crippen LogP contribution in [0.5, 0.6) is 0 Å². The van der Waals surface area contributed by atoms with Gasteiger partial charge < -0.3 is 10.2 Å². The van der Waals surface area contributed by atoms with Crippen LogP contribution < -0.4 is 10.2 Å². The fraction of sp³-hybridized carbons (Fsp3) is 0.333. The average molecular weight is 313 g/mol. The number of amides is 1. The molecule has 0 radical (unpaired) electrons. The fourth-order valence-corrected chi connectivity index (χ4v) is 2.91. The van der Waals surface area contributed by atoms with Gasteiger partial charge in [-0.05, 0) is 42.7 Å². The Hall–Kier alpha value is -2.43. The smallest absolute Gasteiger partial charge is 0.224 e. The maximum Gasteiger partial charge on any atom is 0.224 e. The molecule has 120 valence electrons. The third-order valence-corrected chi connectivity index (χ3v) is 4.04. The first-order chi connectivity index (χ1) is 11.2. The Balaban J connectivity index is 1.55. The summed E-state index contributed by atoms with van der Waals surface area (Å²) in [5, 5.41) is 3.08. The van der Waals surface area contributed by atoms with E-state index in [0.717, 1.165) is 37.3 Å². The molecule has 1 aromatic carbocycles. The minimum Gasteiger partial charge on any atom is -0.355 e. The van der Waals surface area contributed by atoms with Crippen molar-refractivity contribution < 1.29 is 9.18 Å². The number of aromatic nitrogens is 1. The highest BCUT2D eigenvalue weighted by atomic mass is 19.1. The molecule has 0 saturated carbocycles. The zero-order chi connectivity index (χ0) is 16.1. The zero-order valence-electron chi connectivity index (χ0n) is 12.9. The quantitative estimate of drug-likeness (QED) is 0.943. The van der Waals surface area contributed by atoms with E-state index in [9.17, 15) is 9.18 Å². The van der Waals surface area contributed by atoms with Gasteiger partial charge in [-0.3, -0.25) is 4.79 Å². The summed E-state index contributed by atoms with van der Waals surface area (Å²) in [6, 6.07) is 12.0. The number of rotatable bonds is 4. The molecule has 5 heteroatoms. The summed E-state index contributed by atoms with van der Waals surface area (Å²) in [7, 11) is 0. The van der Waals surface area contributed by atoms with E-state index in [4.69, 9.17) is 0 Å². The van der Waals surface area contributed by atoms with Crippen molar-refractivity contribution >= 4 is 11.7 Å². The van der Waals surface area contributed by atoms with Crippen molar-refractivity contribution in [3.8, 4) is 0 Å². The molecular formula is C18H20FN3O. The van der Waals surface area contributed by atoms with Crippen molar-refractivity contribution in [3.63, 3.8) is 0 Å². The first-order valence-electron chi connectivity index (χ1n) is 7.90. The molecule has 1 saturated heterocycles. The second kappa shape index (κ2) is 7.22. The second-order valence-electron chi connectivity index (χ2n) is 5.84. The Morgan fingerprint density at radius 2 is 2.09 bits per heavy atom. The van der Waals surface area contributed by atoms with Gasteiger partial charge in [-0.25, -0.2) is 9.37 Å². The van der Waals surface area contributed by atoms with Crippen molar-refractivity contribution in [1.29, 1.82) is 0 Å². The Morgan fingerprint density at radius 1 is 1.26 bits per heavy atom. The van der Waals surface area contributed by atoms with E-state index in [-0.39, 0.29) is 24.2 Å². The topological polar surface area (TPSA) is 45.2 Å². The van der Waals surface area contributed by atoms with Crippen molar-refractivity contribution in [2.45, 2.75) is 25.3 Å². The van der Waals surface area contributed by atoms with Gasteiger partial charge in [0.15, 0.2) is 0 Å². The largest absolute Gasteiger partial charge is 0.355 e. The number of nitrogens with zero attached hydrogens (tertiary/aromatic N) is 2. The van der Waals surface area contributed by atoms with E-state index in [1.807, 2.05) is 18.2 Å². The normalized spacial score (nSPS) is 17.8. The van der Waals surface area contributed by atoms with E-state index < -0.39 is 0 Å². The summed E-state index contributed by atoms with van der Waals surface area (Å²) in [4.78, 5) is 18.7. The molecule has 0 aliphatic carbocycles. The third kappa shape index (κ3) is 4.28. The lowest BCUT2D eigenvalue weighted by Crippen LogP contribution is -2.48. The molecule has 2 aromatic rings. The monoisotopic (exact) mass is 313 g/mol. The highest BCUT2D eigenvalue weighted by molar-refractivity contribution is 5.78. The van der Waals surface area contributed by atoms with Gasteiger partial charge in [0.1, 0.15) is 11.6 Å². The molecule has 4 nitrogen and oxygen atoms in total. The van der Waals surface area contributed by atoms with E-state index in [2.05, 4.69) is 15.2 Å². The van der Waals surface area contributed by atoms with Gasteiger partial charge >= 0.3 is 0 Å². The van der Waals surface area contributed by atoms with Crippen molar-refractivity contribution in [1.82, 2.24) is 10.3 Å². The summed E-state index contributed by atoms with van der Waals surface area (Å²) >= 11 is 0. The standard InChI is InChI=1S/C18H20FN3O/c19-15-8-6-14(7-9-15)12-18(23)21-16-4-3-11-22(13-16)17-5-1-2-10-20-17/h1-2,5-10,16H,3-4,11-13H2,(H,21,23). The predicted octanol–water partition coefficient (Wildman–Crippen LogP) is 2.55. The molecule has 2 heterocycles. The Bertz CT molecular complexity index is 645. The lowest BCUT2D eigenvalue weighted by molar-refractivity contribution is -0.121. The number of piperidine rings is 1. The number of hydrogen-bond donors (Lipinski definition) is 1. The van der Waals surface area contributed by atoms with E-state index in [1.165, 1.54) is 12.1 Å². The molecular weight excluding hydrogens is 293 g/mol. The first kappa shape index (κ1) is 15.5. The van der Waals surface area contributed by atoms with Crippen LogP contribution in [-0.2, 0) is 11.2 Å². The Morgan fingerprint density at radius 3 is 2.83 bits per heavy atom. The summed E-state index contributed by atoms with van der Waals surface area (Å²) in [5.74, 6) is 0.641. The number of carbonyl (C=O) groups excluding carboxylic acids is 1. The van der Waals surface area contributed by atoms with Crippen LogP contribution in [0.1, 0.15) is 18.4 Å². The van der Waals surface area contributed by atoms with Crippen LogP contribution in [0.4, 0.5) is 10.2 Å². The highest BCUT2D eigenvalue weighted by Crippen LogP contribution is 2.17. The van der Waals surface area contributed by atoms with Crippen LogP contribution >= 0.6 is 0 Å². The maximum atomic E-state index is 12.9. The molecule has 1 aromatic heterocycles. The first-order valence-corrected chi connectivity index (χ1v) is 7.90. The van der Waals surface area contributed by atoms with Gasteiger partial charge in [-0.2, -0.15) is 0 Å². The number of halogens is 1. The van der Waals surface area contributed by atoms with Crippen LogP contribution in [0, 0.1) is 5.82 Å². The number of nitrogens with one attached hydrogen (secondary N) is 1. The summed E-state index contributed by atoms with van der Waals surface area (Å²) in [6.45, 7) is 1.73. The van der Waals surface area contributed by atoms with E-state index >= 15 is 0 Å². The minimum atomic E-state index is -0.285. The van der Waals surface area contributed by atoms with Gasteiger partial charge in [0.2, 0.25) is 5.91 Å². The van der Waals surface area contributed by atoms with Crippen molar-refractivity contribution in [2.24, 2.45) is 0 Å². The molecule has 1 N–H and O–H groups in total. The average Bonchev–Trinajstić information content (AvgIpc) is 2.58. The minimum absolute atomic E-state index is 0.0236. The van der Waals surface area contributed by atoms with Crippen LogP contribution in [0.2, 0.25) is 0 Å². The molecule has 0 bridgehead atoms. The van der Waals surface area contributed by atoms with Crippen molar-refractivity contribution in [2.75, 3.05) is 18.0 Å². The van der Waals surface area contributed by atoms with Crippen LogP contribution in [0.15, 0.2) is 48.7 Å². The van der Waals surface area contributed by atoms with Crippen LogP contribution in [0.3, 0.4) is 0 Å². The van der Waals surface area contributed by atoms with Gasteiger partial charge in [-0.1, -0.05) is 18.2 Å². The lowest BCUT2D eigenvalue weighted by Gasteiger charge is -2.34. The Labute approximate surface area is 135 Å². The Kier molecular flexibility index (Phi) is 4.86. The number of benzene rings is 1.